The highest BCUT2D eigenvalue weighted by molar-refractivity contribution is 5.87. The van der Waals surface area contributed by atoms with Crippen LogP contribution < -0.4 is 26.6 Å². The van der Waals surface area contributed by atoms with Crippen molar-refractivity contribution in [2.75, 3.05) is 147 Å². The SMILES string of the molecule is C#CCOCCOCCOCCOCCC(=O)N(CCOCCN(C)C(=O)O[C@@H]([C@@H]1OC(C(=O)OC)=C[C@H](NC(=C)NC(=O)OC(C)(C)C)[C@H]1C)[C@H]1COC(C)(C)O1)CCOCCN(C)C(=O)O[C@@H]([C@@H]1OC(C(=O)OC)=C[C@H](NC(=C)NC(=O)OC(C)(C)C)[C@H]1NC(C)=O)[C@H]1COC(C)(C)O1. The van der Waals surface area contributed by atoms with Gasteiger partial charge in [-0.25, -0.2) is 28.8 Å². The molecule has 2 saturated heterocycles. The Balaban J connectivity index is 1.43. The number of nitrogens with zero attached hydrogens (tertiary/aromatic N) is 3. The maximum Gasteiger partial charge on any atom is 0.413 e. The van der Waals surface area contributed by atoms with E-state index in [9.17, 15) is 38.4 Å². The van der Waals surface area contributed by atoms with Crippen LogP contribution in [-0.2, 0) is 104 Å². The van der Waals surface area contributed by atoms with E-state index in [2.05, 4.69) is 45.7 Å². The van der Waals surface area contributed by atoms with Gasteiger partial charge >= 0.3 is 36.3 Å². The van der Waals surface area contributed by atoms with Gasteiger partial charge in [-0.1, -0.05) is 26.0 Å². The van der Waals surface area contributed by atoms with Crippen LogP contribution >= 0.6 is 0 Å². The minimum atomic E-state index is -1.39. The molecule has 4 rings (SSSR count). The molecule has 34 heteroatoms. The normalized spacial score (nSPS) is 21.9. The van der Waals surface area contributed by atoms with E-state index < -0.39 is 126 Å². The molecule has 4 aliphatic rings. The summed E-state index contributed by atoms with van der Waals surface area (Å²) >= 11 is 0. The minimum absolute atomic E-state index is 0.00323. The van der Waals surface area contributed by atoms with E-state index in [-0.39, 0.29) is 128 Å². The van der Waals surface area contributed by atoms with Crippen molar-refractivity contribution in [3.63, 3.8) is 0 Å². The van der Waals surface area contributed by atoms with Crippen LogP contribution in [0.15, 0.2) is 48.5 Å². The van der Waals surface area contributed by atoms with Crippen molar-refractivity contribution in [2.45, 2.75) is 167 Å². The van der Waals surface area contributed by atoms with E-state index in [1.165, 1.54) is 55.0 Å². The highest BCUT2D eigenvalue weighted by Crippen LogP contribution is 2.36. The van der Waals surface area contributed by atoms with Gasteiger partial charge in [-0.15, -0.1) is 6.42 Å². The number of ether oxygens (including phenoxy) is 18. The summed E-state index contributed by atoms with van der Waals surface area (Å²) in [5, 5.41) is 13.9. The Bertz CT molecular complexity index is 2850. The predicted molar refractivity (Wildman–Crippen MR) is 358 cm³/mol. The van der Waals surface area contributed by atoms with Crippen LogP contribution in [0.25, 0.3) is 0 Å². The summed E-state index contributed by atoms with van der Waals surface area (Å²) in [7, 11) is 5.27. The lowest BCUT2D eigenvalue weighted by molar-refractivity contribution is -0.172. The van der Waals surface area contributed by atoms with E-state index in [1.807, 2.05) is 0 Å². The van der Waals surface area contributed by atoms with Gasteiger partial charge in [-0.2, -0.15) is 0 Å². The first-order valence-corrected chi connectivity index (χ1v) is 33.2. The van der Waals surface area contributed by atoms with Crippen molar-refractivity contribution in [1.82, 2.24) is 41.3 Å². The second-order valence-corrected chi connectivity index (χ2v) is 26.6. The van der Waals surface area contributed by atoms with Crippen molar-refractivity contribution in [3.8, 4) is 12.3 Å². The van der Waals surface area contributed by atoms with Crippen LogP contribution in [0.2, 0.25) is 0 Å². The molecule has 4 heterocycles. The largest absolute Gasteiger partial charge is 0.479 e. The average molecular weight is 1440 g/mol. The molecule has 0 aromatic rings. The molecule has 5 N–H and O–H groups in total. The Morgan fingerprint density at radius 1 is 0.594 bits per heavy atom. The molecule has 572 valence electrons. The zero-order valence-corrected chi connectivity index (χ0v) is 61.3. The first kappa shape index (κ1) is 85.7. The van der Waals surface area contributed by atoms with E-state index >= 15 is 0 Å². The van der Waals surface area contributed by atoms with Crippen LogP contribution in [0.3, 0.4) is 0 Å². The van der Waals surface area contributed by atoms with Crippen molar-refractivity contribution in [1.29, 1.82) is 0 Å². The van der Waals surface area contributed by atoms with Gasteiger partial charge in [0.25, 0.3) is 0 Å². The number of amides is 6. The molecular weight excluding hydrogens is 1330 g/mol. The Morgan fingerprint density at radius 3 is 1.41 bits per heavy atom. The highest BCUT2D eigenvalue weighted by Gasteiger charge is 2.52. The summed E-state index contributed by atoms with van der Waals surface area (Å²) in [5.41, 5.74) is -1.65. The fourth-order valence-electron chi connectivity index (χ4n) is 10.1. The summed E-state index contributed by atoms with van der Waals surface area (Å²) in [6.07, 6.45) is -2.22. The average Bonchev–Trinajstić information content (AvgIpc) is 1.77. The molecule has 2 fully saturated rings. The number of carbonyl (C=O) groups is 8. The lowest BCUT2D eigenvalue weighted by Gasteiger charge is -2.42. The van der Waals surface area contributed by atoms with Gasteiger partial charge < -0.3 is 116 Å². The molecule has 34 nitrogen and oxygen atoms in total. The molecular formula is C67H108N8O26. The molecule has 4 aliphatic heterocycles. The molecule has 0 aromatic carbocycles. The number of nitrogens with one attached hydrogen (secondary N) is 5. The number of terminal acetylenes is 1. The molecule has 0 aromatic heterocycles. The van der Waals surface area contributed by atoms with Crippen molar-refractivity contribution >= 4 is 48.1 Å². The molecule has 6 amide bonds. The predicted octanol–water partition coefficient (Wildman–Crippen LogP) is 3.08. The molecule has 0 unspecified atom stereocenters. The lowest BCUT2D eigenvalue weighted by Crippen LogP contribution is -2.64. The van der Waals surface area contributed by atoms with Gasteiger partial charge in [-0.05, 0) is 81.4 Å². The maximum atomic E-state index is 14.2. The van der Waals surface area contributed by atoms with Gasteiger partial charge in [-0.3, -0.25) is 20.2 Å². The number of methoxy groups -OCH3 is 2. The molecule has 101 heavy (non-hydrogen) atoms. The Morgan fingerprint density at radius 2 is 0.990 bits per heavy atom. The molecule has 10 atom stereocenters. The Labute approximate surface area is 591 Å². The number of likely N-dealkylation sites (N-methyl/N-ethyl adjacent to an activating group) is 2. The fourth-order valence-corrected chi connectivity index (χ4v) is 10.1. The molecule has 0 spiro atoms. The summed E-state index contributed by atoms with van der Waals surface area (Å²) in [6, 6.07) is -2.93. The molecule has 0 radical (unpaired) electrons. The van der Waals surface area contributed by atoms with E-state index in [1.54, 1.807) is 76.2 Å². The zero-order valence-electron chi connectivity index (χ0n) is 61.3. The smallest absolute Gasteiger partial charge is 0.413 e. The number of carbonyl (C=O) groups excluding carboxylic acids is 8. The zero-order chi connectivity index (χ0) is 75.3. The van der Waals surface area contributed by atoms with Crippen molar-refractivity contribution < 1.29 is 124 Å². The van der Waals surface area contributed by atoms with Gasteiger partial charge in [0.15, 0.2) is 29.9 Å². The molecule has 0 aliphatic carbocycles. The number of rotatable bonds is 40. The van der Waals surface area contributed by atoms with Gasteiger partial charge in [0.2, 0.25) is 23.3 Å². The van der Waals surface area contributed by atoms with Crippen LogP contribution in [0.5, 0.6) is 0 Å². The monoisotopic (exact) mass is 1440 g/mol. The summed E-state index contributed by atoms with van der Waals surface area (Å²) in [5.74, 6) is -3.54. The second kappa shape index (κ2) is 41.4. The van der Waals surface area contributed by atoms with E-state index in [4.69, 9.17) is 91.7 Å². The van der Waals surface area contributed by atoms with Crippen LogP contribution in [0.4, 0.5) is 19.2 Å². The number of alkyl carbamates (subject to hydrolysis) is 2. The standard InChI is InChI=1S/C67H108N8O26/c1-20-26-86-32-34-90-36-37-91-35-33-87-27-21-52(77)75(24-30-88-28-22-73(16)62(82)96-55(50-40-92-66(12,13)98-50)54-42(2)46(38-48(94-54)58(78)84-18)68-43(3)70-60(80)100-64(6,7)8)25-31-89-29-23-74(17)63(83)97-56(51-41-93-67(14,15)99-51)57-53(72-45(5)76)47(39-49(95-57)59(79)85-19)69-44(4)71-61(81)101-65(9,10)11/h1,38-39,42,46-47,50-51,53-57,68-69H,3-4,21-37,40-41H2,2,5-19H3,(H,70,80)(H,71,81)(H,72,76)/t42-,46+,47+,50-,51-,53-,54-,55-,56-,57-/m1/s1. The molecule has 0 bridgehead atoms. The number of hydrogen-bond acceptors (Lipinski definition) is 28. The van der Waals surface area contributed by atoms with Crippen molar-refractivity contribution in [2.24, 2.45) is 5.92 Å². The highest BCUT2D eigenvalue weighted by atomic mass is 16.8. The van der Waals surface area contributed by atoms with Crippen LogP contribution in [0, 0.1) is 18.3 Å². The van der Waals surface area contributed by atoms with Crippen molar-refractivity contribution in [3.05, 3.63) is 48.5 Å². The van der Waals surface area contributed by atoms with Gasteiger partial charge in [0.1, 0.15) is 47.8 Å². The number of hydrogen-bond donors (Lipinski definition) is 5. The second-order valence-electron chi connectivity index (χ2n) is 26.6. The maximum absolute atomic E-state index is 14.2. The third-order valence-electron chi connectivity index (χ3n) is 14.9. The van der Waals surface area contributed by atoms with Crippen LogP contribution in [-0.4, -0.2) is 287 Å². The topological polar surface area (TPSA) is 373 Å². The quantitative estimate of drug-likeness (QED) is 0.0255. The summed E-state index contributed by atoms with van der Waals surface area (Å²) in [4.78, 5) is 111. The Kier molecular flexibility index (Phi) is 35.1. The number of esters is 2. The van der Waals surface area contributed by atoms with Gasteiger partial charge in [0, 0.05) is 53.1 Å². The van der Waals surface area contributed by atoms with Crippen LogP contribution in [0.1, 0.15) is 89.5 Å². The lowest BCUT2D eigenvalue weighted by atomic mass is 9.87. The fraction of sp³-hybridized carbons (Fsp3) is 0.731. The first-order chi connectivity index (χ1) is 47.4. The van der Waals surface area contributed by atoms with Gasteiger partial charge in [0.05, 0.1) is 125 Å². The third kappa shape index (κ3) is 31.2. The Hall–Kier alpha value is -7.72. The molecule has 0 saturated carbocycles. The summed E-state index contributed by atoms with van der Waals surface area (Å²) in [6.45, 7) is 29.8. The summed E-state index contributed by atoms with van der Waals surface area (Å²) < 4.78 is 104. The van der Waals surface area contributed by atoms with E-state index in [0.717, 1.165) is 7.11 Å². The third-order valence-corrected chi connectivity index (χ3v) is 14.9. The minimum Gasteiger partial charge on any atom is -0.479 e. The van der Waals surface area contributed by atoms with E-state index in [0.29, 0.717) is 26.4 Å². The first-order valence-electron chi connectivity index (χ1n) is 33.2.